The summed E-state index contributed by atoms with van der Waals surface area (Å²) in [6, 6.07) is 17.9. The second-order valence-electron chi connectivity index (χ2n) is 5.65. The third kappa shape index (κ3) is 2.82. The fraction of sp³-hybridized carbons (Fsp3) is 0.250. The van der Waals surface area contributed by atoms with Crippen molar-refractivity contribution in [2.45, 2.75) is 32.7 Å². The first-order valence-corrected chi connectivity index (χ1v) is 7.99. The molecule has 2 heteroatoms. The van der Waals surface area contributed by atoms with Gasteiger partial charge in [0.15, 0.2) is 0 Å². The molecule has 0 radical (unpaired) electrons. The average molecular weight is 291 g/mol. The second kappa shape index (κ2) is 6.61. The quantitative estimate of drug-likeness (QED) is 0.459. The Kier molecular flexibility index (Phi) is 4.38. The molecule has 0 N–H and O–H groups in total. The van der Waals surface area contributed by atoms with E-state index in [1.807, 2.05) is 60.8 Å². The van der Waals surface area contributed by atoms with Crippen LogP contribution in [0.1, 0.15) is 42.2 Å². The monoisotopic (exact) mass is 291 g/mol. The van der Waals surface area contributed by atoms with Crippen LogP contribution in [0.5, 0.6) is 0 Å². The molecular formula is C20H21NO. The number of hydrogen-bond donors (Lipinski definition) is 0. The van der Waals surface area contributed by atoms with E-state index in [-0.39, 0.29) is 5.78 Å². The van der Waals surface area contributed by atoms with Gasteiger partial charge in [-0.1, -0.05) is 62.2 Å². The van der Waals surface area contributed by atoms with Crippen LogP contribution in [0.15, 0.2) is 60.8 Å². The van der Waals surface area contributed by atoms with E-state index in [4.69, 9.17) is 0 Å². The van der Waals surface area contributed by atoms with E-state index in [0.29, 0.717) is 0 Å². The third-order valence-corrected chi connectivity index (χ3v) is 4.10. The van der Waals surface area contributed by atoms with Crippen molar-refractivity contribution in [3.63, 3.8) is 0 Å². The number of hydrogen-bond acceptors (Lipinski definition) is 1. The van der Waals surface area contributed by atoms with Gasteiger partial charge in [-0.05, 0) is 29.3 Å². The Labute approximate surface area is 131 Å². The molecule has 3 rings (SSSR count). The summed E-state index contributed by atoms with van der Waals surface area (Å²) in [6.45, 7) is 3.10. The zero-order valence-corrected chi connectivity index (χ0v) is 13.0. The number of fused-ring (bicyclic) bond motifs is 1. The van der Waals surface area contributed by atoms with Gasteiger partial charge in [-0.15, -0.1) is 0 Å². The molecule has 0 saturated carbocycles. The van der Waals surface area contributed by atoms with Gasteiger partial charge in [-0.25, -0.2) is 0 Å². The number of aromatic nitrogens is 1. The van der Waals surface area contributed by atoms with E-state index < -0.39 is 0 Å². The molecule has 3 aromatic rings. The van der Waals surface area contributed by atoms with E-state index in [9.17, 15) is 4.79 Å². The van der Waals surface area contributed by atoms with Crippen LogP contribution < -0.4 is 0 Å². The summed E-state index contributed by atoms with van der Waals surface area (Å²) in [6.07, 6.45) is 5.50. The molecule has 1 heterocycles. The molecule has 0 fully saturated rings. The highest BCUT2D eigenvalue weighted by Gasteiger charge is 2.15. The second-order valence-corrected chi connectivity index (χ2v) is 5.65. The summed E-state index contributed by atoms with van der Waals surface area (Å²) in [7, 11) is 0. The number of ketones is 1. The van der Waals surface area contributed by atoms with Crippen LogP contribution in [0, 0.1) is 0 Å². The summed E-state index contributed by atoms with van der Waals surface area (Å²) in [5.41, 5.74) is 1.57. The summed E-state index contributed by atoms with van der Waals surface area (Å²) >= 11 is 0. The van der Waals surface area contributed by atoms with Gasteiger partial charge in [-0.3, -0.25) is 4.79 Å². The molecule has 0 saturated heterocycles. The number of carbonyl (C=O) groups excluding carboxylic acids is 1. The summed E-state index contributed by atoms with van der Waals surface area (Å²) < 4.78 is 2.08. The van der Waals surface area contributed by atoms with Crippen LogP contribution in [-0.2, 0) is 6.54 Å². The Bertz CT molecular complexity index is 780. The maximum absolute atomic E-state index is 13.0. The number of benzene rings is 2. The summed E-state index contributed by atoms with van der Waals surface area (Å²) in [4.78, 5) is 13.0. The number of nitrogens with zero attached hydrogens (tertiary/aromatic N) is 1. The number of carbonyl (C=O) groups is 1. The Morgan fingerprint density at radius 1 is 0.955 bits per heavy atom. The Morgan fingerprint density at radius 2 is 1.77 bits per heavy atom. The number of aryl methyl sites for hydroxylation is 1. The van der Waals surface area contributed by atoms with Gasteiger partial charge in [0.05, 0.1) is 5.69 Å². The molecule has 0 aliphatic heterocycles. The third-order valence-electron chi connectivity index (χ3n) is 4.10. The van der Waals surface area contributed by atoms with Gasteiger partial charge >= 0.3 is 0 Å². The van der Waals surface area contributed by atoms with E-state index in [2.05, 4.69) is 11.5 Å². The fourth-order valence-corrected chi connectivity index (χ4v) is 2.91. The van der Waals surface area contributed by atoms with Crippen LogP contribution >= 0.6 is 0 Å². The SMILES string of the molecule is CCCCCn1cccc1C(=O)c1cccc2ccccc12. The molecule has 22 heavy (non-hydrogen) atoms. The molecule has 0 aliphatic carbocycles. The van der Waals surface area contributed by atoms with Crippen molar-refractivity contribution in [2.75, 3.05) is 0 Å². The van der Waals surface area contributed by atoms with E-state index in [1.165, 1.54) is 12.8 Å². The summed E-state index contributed by atoms with van der Waals surface area (Å²) in [5, 5.41) is 2.13. The van der Waals surface area contributed by atoms with Crippen LogP contribution in [0.25, 0.3) is 10.8 Å². The van der Waals surface area contributed by atoms with Crippen molar-refractivity contribution >= 4 is 16.6 Å². The molecule has 0 atom stereocenters. The Morgan fingerprint density at radius 3 is 2.64 bits per heavy atom. The highest BCUT2D eigenvalue weighted by Crippen LogP contribution is 2.22. The van der Waals surface area contributed by atoms with Crippen LogP contribution in [0.3, 0.4) is 0 Å². The minimum Gasteiger partial charge on any atom is -0.345 e. The van der Waals surface area contributed by atoms with Crippen molar-refractivity contribution in [1.82, 2.24) is 4.57 Å². The number of rotatable bonds is 6. The minimum atomic E-state index is 0.110. The minimum absolute atomic E-state index is 0.110. The van der Waals surface area contributed by atoms with E-state index in [1.54, 1.807) is 0 Å². The van der Waals surface area contributed by atoms with Gasteiger partial charge in [0.1, 0.15) is 0 Å². The van der Waals surface area contributed by atoms with Crippen LogP contribution in [-0.4, -0.2) is 10.4 Å². The maximum atomic E-state index is 13.0. The zero-order chi connectivity index (χ0) is 15.4. The first kappa shape index (κ1) is 14.6. The van der Waals surface area contributed by atoms with Crippen molar-refractivity contribution in [3.05, 3.63) is 72.1 Å². The lowest BCUT2D eigenvalue weighted by Crippen LogP contribution is -2.10. The van der Waals surface area contributed by atoms with Crippen molar-refractivity contribution in [1.29, 1.82) is 0 Å². The van der Waals surface area contributed by atoms with Crippen LogP contribution in [0.4, 0.5) is 0 Å². The molecule has 2 nitrogen and oxygen atoms in total. The fourth-order valence-electron chi connectivity index (χ4n) is 2.91. The lowest BCUT2D eigenvalue weighted by atomic mass is 10.00. The molecule has 112 valence electrons. The predicted molar refractivity (Wildman–Crippen MR) is 91.3 cm³/mol. The van der Waals surface area contributed by atoms with Gasteiger partial charge in [0.2, 0.25) is 5.78 Å². The highest BCUT2D eigenvalue weighted by atomic mass is 16.1. The molecule has 0 amide bonds. The smallest absolute Gasteiger partial charge is 0.209 e. The lowest BCUT2D eigenvalue weighted by molar-refractivity contribution is 0.103. The lowest BCUT2D eigenvalue weighted by Gasteiger charge is -2.10. The van der Waals surface area contributed by atoms with Crippen molar-refractivity contribution < 1.29 is 4.79 Å². The maximum Gasteiger partial charge on any atom is 0.209 e. The zero-order valence-electron chi connectivity index (χ0n) is 13.0. The largest absolute Gasteiger partial charge is 0.345 e. The van der Waals surface area contributed by atoms with Gasteiger partial charge < -0.3 is 4.57 Å². The standard InChI is InChI=1S/C20H21NO/c1-2-3-6-14-21-15-8-13-19(21)20(22)18-12-7-10-16-9-4-5-11-17(16)18/h4-5,7-13,15H,2-3,6,14H2,1H3. The van der Waals surface area contributed by atoms with Gasteiger partial charge in [0.25, 0.3) is 0 Å². The Balaban J connectivity index is 1.95. The predicted octanol–water partition coefficient (Wildman–Crippen LogP) is 5.06. The van der Waals surface area contributed by atoms with E-state index in [0.717, 1.165) is 35.0 Å². The molecule has 2 aromatic carbocycles. The highest BCUT2D eigenvalue weighted by molar-refractivity contribution is 6.15. The molecular weight excluding hydrogens is 270 g/mol. The summed E-state index contributed by atoms with van der Waals surface area (Å²) in [5.74, 6) is 0.110. The number of unbranched alkanes of at least 4 members (excludes halogenated alkanes) is 2. The molecule has 1 aromatic heterocycles. The molecule has 0 aliphatic rings. The van der Waals surface area contributed by atoms with Crippen molar-refractivity contribution in [3.8, 4) is 0 Å². The molecule has 0 bridgehead atoms. The molecule has 0 unspecified atom stereocenters. The van der Waals surface area contributed by atoms with Crippen LogP contribution in [0.2, 0.25) is 0 Å². The van der Waals surface area contributed by atoms with Gasteiger partial charge in [-0.2, -0.15) is 0 Å². The topological polar surface area (TPSA) is 22.0 Å². The van der Waals surface area contributed by atoms with Gasteiger partial charge in [0, 0.05) is 18.3 Å². The van der Waals surface area contributed by atoms with Crippen molar-refractivity contribution in [2.24, 2.45) is 0 Å². The first-order valence-electron chi connectivity index (χ1n) is 7.99. The average Bonchev–Trinajstić information content (AvgIpc) is 3.02. The Hall–Kier alpha value is -2.35. The normalized spacial score (nSPS) is 11.0. The van der Waals surface area contributed by atoms with E-state index >= 15 is 0 Å². The first-order chi connectivity index (χ1) is 10.8. The molecule has 0 spiro atoms.